The van der Waals surface area contributed by atoms with Gasteiger partial charge in [-0.1, -0.05) is 41.4 Å². The van der Waals surface area contributed by atoms with Crippen molar-refractivity contribution in [3.8, 4) is 0 Å². The smallest absolute Gasteiger partial charge is 0.306 e. The molecule has 5 nitrogen and oxygen atoms in total. The SMILES string of the molecule is Cc1ccc2c(c1)C(=O)N(CCCC(=O)OCc1ccccc1Cl)C2=O. The number of rotatable bonds is 6. The topological polar surface area (TPSA) is 63.7 Å². The van der Waals surface area contributed by atoms with Crippen LogP contribution in [0.3, 0.4) is 0 Å². The van der Waals surface area contributed by atoms with Crippen LogP contribution in [0.15, 0.2) is 42.5 Å². The zero-order chi connectivity index (χ0) is 18.7. The van der Waals surface area contributed by atoms with E-state index < -0.39 is 5.97 Å². The second-order valence-electron chi connectivity index (χ2n) is 6.17. The highest BCUT2D eigenvalue weighted by Gasteiger charge is 2.34. The number of carbonyl (C=O) groups excluding carboxylic acids is 3. The summed E-state index contributed by atoms with van der Waals surface area (Å²) in [5, 5.41) is 0.543. The lowest BCUT2D eigenvalue weighted by Gasteiger charge is -2.13. The number of ether oxygens (including phenoxy) is 1. The molecule has 0 unspecified atom stereocenters. The van der Waals surface area contributed by atoms with Crippen molar-refractivity contribution < 1.29 is 19.1 Å². The third-order valence-electron chi connectivity index (χ3n) is 4.24. The molecule has 6 heteroatoms. The van der Waals surface area contributed by atoms with Crippen molar-refractivity contribution >= 4 is 29.4 Å². The van der Waals surface area contributed by atoms with Crippen LogP contribution in [-0.4, -0.2) is 29.2 Å². The molecule has 26 heavy (non-hydrogen) atoms. The van der Waals surface area contributed by atoms with Crippen molar-refractivity contribution in [2.24, 2.45) is 0 Å². The van der Waals surface area contributed by atoms with E-state index in [1.54, 1.807) is 36.4 Å². The quantitative estimate of drug-likeness (QED) is 0.572. The number of benzene rings is 2. The van der Waals surface area contributed by atoms with Gasteiger partial charge in [-0.25, -0.2) is 0 Å². The van der Waals surface area contributed by atoms with Crippen LogP contribution in [0, 0.1) is 6.92 Å². The molecule has 0 saturated carbocycles. The Bertz CT molecular complexity index is 878. The molecule has 1 aliphatic heterocycles. The molecule has 0 saturated heterocycles. The van der Waals surface area contributed by atoms with Crippen molar-refractivity contribution in [3.05, 3.63) is 69.7 Å². The van der Waals surface area contributed by atoms with Gasteiger partial charge in [0.2, 0.25) is 0 Å². The number of imide groups is 1. The van der Waals surface area contributed by atoms with Gasteiger partial charge < -0.3 is 4.74 Å². The summed E-state index contributed by atoms with van der Waals surface area (Å²) < 4.78 is 5.19. The number of carbonyl (C=O) groups is 3. The molecule has 2 amide bonds. The van der Waals surface area contributed by atoms with Crippen LogP contribution >= 0.6 is 11.6 Å². The van der Waals surface area contributed by atoms with Crippen molar-refractivity contribution in [2.75, 3.05) is 6.54 Å². The van der Waals surface area contributed by atoms with E-state index in [-0.39, 0.29) is 31.4 Å². The molecular formula is C20H18ClNO4. The first-order valence-electron chi connectivity index (χ1n) is 8.33. The Hall–Kier alpha value is -2.66. The first kappa shape index (κ1) is 18.1. The van der Waals surface area contributed by atoms with Crippen molar-refractivity contribution in [2.45, 2.75) is 26.4 Å². The zero-order valence-electron chi connectivity index (χ0n) is 14.3. The van der Waals surface area contributed by atoms with Gasteiger partial charge in [0, 0.05) is 23.6 Å². The Morgan fingerprint density at radius 3 is 2.58 bits per heavy atom. The first-order chi connectivity index (χ1) is 12.5. The molecule has 0 fully saturated rings. The number of esters is 1. The molecule has 0 aliphatic carbocycles. The summed E-state index contributed by atoms with van der Waals surface area (Å²) in [7, 11) is 0. The molecule has 134 valence electrons. The number of hydrogen-bond acceptors (Lipinski definition) is 4. The minimum absolute atomic E-state index is 0.102. The predicted octanol–water partition coefficient (Wildman–Crippen LogP) is 3.77. The molecule has 1 aliphatic rings. The maximum atomic E-state index is 12.4. The minimum atomic E-state index is -0.391. The summed E-state index contributed by atoms with van der Waals surface area (Å²) in [5.74, 6) is -1.01. The number of aryl methyl sites for hydroxylation is 1. The van der Waals surface area contributed by atoms with Gasteiger partial charge in [-0.05, 0) is 31.5 Å². The molecule has 0 aromatic heterocycles. The lowest BCUT2D eigenvalue weighted by Crippen LogP contribution is -2.31. The van der Waals surface area contributed by atoms with Gasteiger partial charge in [0.25, 0.3) is 11.8 Å². The Morgan fingerprint density at radius 2 is 1.81 bits per heavy atom. The van der Waals surface area contributed by atoms with Crippen LogP contribution in [0.25, 0.3) is 0 Å². The number of fused-ring (bicyclic) bond motifs is 1. The summed E-state index contributed by atoms with van der Waals surface area (Å²) in [4.78, 5) is 37.7. The van der Waals surface area contributed by atoms with E-state index in [1.807, 2.05) is 13.0 Å². The number of amides is 2. The predicted molar refractivity (Wildman–Crippen MR) is 97.0 cm³/mol. The second kappa shape index (κ2) is 7.70. The van der Waals surface area contributed by atoms with Gasteiger partial charge >= 0.3 is 5.97 Å². The average Bonchev–Trinajstić information content (AvgIpc) is 2.85. The summed E-state index contributed by atoms with van der Waals surface area (Å²) in [6.45, 7) is 2.16. The molecule has 0 atom stereocenters. The molecule has 0 N–H and O–H groups in total. The van der Waals surface area contributed by atoms with Crippen LogP contribution in [0.1, 0.15) is 44.7 Å². The van der Waals surface area contributed by atoms with Gasteiger partial charge in [-0.3, -0.25) is 19.3 Å². The van der Waals surface area contributed by atoms with Crippen LogP contribution in [0.5, 0.6) is 0 Å². The average molecular weight is 372 g/mol. The highest BCUT2D eigenvalue weighted by Crippen LogP contribution is 2.24. The molecule has 0 bridgehead atoms. The van der Waals surface area contributed by atoms with E-state index >= 15 is 0 Å². The summed E-state index contributed by atoms with van der Waals surface area (Å²) in [5.41, 5.74) is 2.51. The van der Waals surface area contributed by atoms with E-state index in [9.17, 15) is 14.4 Å². The maximum Gasteiger partial charge on any atom is 0.306 e. The number of nitrogens with zero attached hydrogens (tertiary/aromatic N) is 1. The normalized spacial score (nSPS) is 13.1. The van der Waals surface area contributed by atoms with Crippen molar-refractivity contribution in [1.29, 1.82) is 0 Å². The standard InChI is InChI=1S/C20H18ClNO4/c1-13-8-9-15-16(11-13)20(25)22(19(15)24)10-4-7-18(23)26-12-14-5-2-3-6-17(14)21/h2-3,5-6,8-9,11H,4,7,10,12H2,1H3. The highest BCUT2D eigenvalue weighted by atomic mass is 35.5. The maximum absolute atomic E-state index is 12.4. The Labute approximate surface area is 156 Å². The van der Waals surface area contributed by atoms with Gasteiger partial charge in [-0.2, -0.15) is 0 Å². The molecule has 3 rings (SSSR count). The van der Waals surface area contributed by atoms with Crippen molar-refractivity contribution in [1.82, 2.24) is 4.90 Å². The summed E-state index contributed by atoms with van der Waals surface area (Å²) in [6.07, 6.45) is 0.475. The molecular weight excluding hydrogens is 354 g/mol. The zero-order valence-corrected chi connectivity index (χ0v) is 15.1. The Kier molecular flexibility index (Phi) is 5.38. The third kappa shape index (κ3) is 3.78. The fraction of sp³-hybridized carbons (Fsp3) is 0.250. The minimum Gasteiger partial charge on any atom is -0.461 e. The van der Waals surface area contributed by atoms with Crippen LogP contribution in [0.4, 0.5) is 0 Å². The lowest BCUT2D eigenvalue weighted by molar-refractivity contribution is -0.145. The Morgan fingerprint density at radius 1 is 1.08 bits per heavy atom. The largest absolute Gasteiger partial charge is 0.461 e. The van der Waals surface area contributed by atoms with E-state index in [4.69, 9.17) is 16.3 Å². The fourth-order valence-corrected chi connectivity index (χ4v) is 3.03. The second-order valence-corrected chi connectivity index (χ2v) is 6.57. The van der Waals surface area contributed by atoms with E-state index in [0.717, 1.165) is 11.1 Å². The molecule has 0 spiro atoms. The van der Waals surface area contributed by atoms with Crippen LogP contribution in [-0.2, 0) is 16.1 Å². The van der Waals surface area contributed by atoms with Gasteiger partial charge in [0.15, 0.2) is 0 Å². The molecule has 1 heterocycles. The number of halogens is 1. The molecule has 0 radical (unpaired) electrons. The van der Waals surface area contributed by atoms with E-state index in [0.29, 0.717) is 22.6 Å². The van der Waals surface area contributed by atoms with E-state index in [2.05, 4.69) is 0 Å². The van der Waals surface area contributed by atoms with Gasteiger partial charge in [0.1, 0.15) is 6.61 Å². The van der Waals surface area contributed by atoms with E-state index in [1.165, 1.54) is 4.90 Å². The summed E-state index contributed by atoms with van der Waals surface area (Å²) in [6, 6.07) is 12.3. The molecule has 2 aromatic rings. The Balaban J connectivity index is 1.49. The van der Waals surface area contributed by atoms with Gasteiger partial charge in [-0.15, -0.1) is 0 Å². The van der Waals surface area contributed by atoms with Gasteiger partial charge in [0.05, 0.1) is 11.1 Å². The molecule has 2 aromatic carbocycles. The van der Waals surface area contributed by atoms with Crippen LogP contribution < -0.4 is 0 Å². The first-order valence-corrected chi connectivity index (χ1v) is 8.71. The van der Waals surface area contributed by atoms with Crippen molar-refractivity contribution in [3.63, 3.8) is 0 Å². The fourth-order valence-electron chi connectivity index (χ4n) is 2.84. The van der Waals surface area contributed by atoms with Crippen LogP contribution in [0.2, 0.25) is 5.02 Å². The highest BCUT2D eigenvalue weighted by molar-refractivity contribution is 6.31. The third-order valence-corrected chi connectivity index (χ3v) is 4.60. The summed E-state index contributed by atoms with van der Waals surface area (Å²) >= 11 is 6.01. The number of hydrogen-bond donors (Lipinski definition) is 0. The lowest BCUT2D eigenvalue weighted by atomic mass is 10.1. The monoisotopic (exact) mass is 371 g/mol.